The summed E-state index contributed by atoms with van der Waals surface area (Å²) in [5.41, 5.74) is 1.69. The Morgan fingerprint density at radius 1 is 1.30 bits per heavy atom. The van der Waals surface area contributed by atoms with Crippen molar-refractivity contribution in [1.82, 2.24) is 5.32 Å². The molecule has 0 saturated carbocycles. The Hall–Kier alpha value is -2.04. The van der Waals surface area contributed by atoms with E-state index in [-0.39, 0.29) is 30.4 Å². The van der Waals surface area contributed by atoms with E-state index in [0.717, 1.165) is 24.2 Å². The molecule has 0 aliphatic carbocycles. The van der Waals surface area contributed by atoms with Gasteiger partial charge >= 0.3 is 0 Å². The molecule has 2 atom stereocenters. The van der Waals surface area contributed by atoms with E-state index >= 15 is 0 Å². The zero-order chi connectivity index (χ0) is 17.0. The highest BCUT2D eigenvalue weighted by atomic mass is 16.2. The maximum absolute atomic E-state index is 12.8. The molecule has 0 saturated heterocycles. The van der Waals surface area contributed by atoms with Crippen LogP contribution in [-0.4, -0.2) is 30.4 Å². The summed E-state index contributed by atoms with van der Waals surface area (Å²) < 4.78 is 0. The second kappa shape index (κ2) is 7.49. The highest BCUT2D eigenvalue weighted by molar-refractivity contribution is 6.07. The van der Waals surface area contributed by atoms with Crippen LogP contribution in [0, 0.1) is 5.92 Å². The number of nitrogens with zero attached hydrogens (tertiary/aromatic N) is 1. The number of fused-ring (bicyclic) bond motifs is 1. The van der Waals surface area contributed by atoms with Crippen molar-refractivity contribution in [2.24, 2.45) is 5.92 Å². The molecule has 2 amide bonds. The number of hydrogen-bond acceptors (Lipinski definition) is 3. The normalized spacial score (nSPS) is 18.4. The maximum Gasteiger partial charge on any atom is 0.250 e. The highest BCUT2D eigenvalue weighted by Gasteiger charge is 2.33. The fraction of sp³-hybridized carbons (Fsp3) is 0.556. The molecular formula is C18H27N3O2. The number of amides is 2. The Morgan fingerprint density at radius 2 is 2.00 bits per heavy atom. The average Bonchev–Trinajstić information content (AvgIpc) is 2.50. The lowest BCUT2D eigenvalue weighted by Gasteiger charge is -2.35. The molecule has 5 heteroatoms. The van der Waals surface area contributed by atoms with Gasteiger partial charge in [-0.15, -0.1) is 0 Å². The van der Waals surface area contributed by atoms with Gasteiger partial charge in [0.1, 0.15) is 12.6 Å². The molecule has 23 heavy (non-hydrogen) atoms. The van der Waals surface area contributed by atoms with Gasteiger partial charge in [0.25, 0.3) is 0 Å². The largest absolute Gasteiger partial charge is 0.372 e. The lowest BCUT2D eigenvalue weighted by molar-refractivity contribution is -0.124. The molecule has 1 aromatic carbocycles. The van der Waals surface area contributed by atoms with Crippen LogP contribution in [0.1, 0.15) is 40.5 Å². The average molecular weight is 317 g/mol. The first kappa shape index (κ1) is 17.3. The van der Waals surface area contributed by atoms with Crippen molar-refractivity contribution in [3.8, 4) is 0 Å². The molecule has 2 unspecified atom stereocenters. The van der Waals surface area contributed by atoms with E-state index in [2.05, 4.69) is 24.5 Å². The van der Waals surface area contributed by atoms with Gasteiger partial charge in [-0.3, -0.25) is 14.5 Å². The molecule has 5 nitrogen and oxygen atoms in total. The van der Waals surface area contributed by atoms with Crippen LogP contribution in [-0.2, 0) is 9.59 Å². The molecule has 1 aliphatic rings. The van der Waals surface area contributed by atoms with E-state index in [1.54, 1.807) is 4.90 Å². The van der Waals surface area contributed by atoms with Crippen molar-refractivity contribution < 1.29 is 9.59 Å². The van der Waals surface area contributed by atoms with Crippen LogP contribution in [0.15, 0.2) is 24.3 Å². The number of rotatable bonds is 6. The Kier molecular flexibility index (Phi) is 5.64. The van der Waals surface area contributed by atoms with Crippen molar-refractivity contribution in [2.45, 2.75) is 52.6 Å². The summed E-state index contributed by atoms with van der Waals surface area (Å²) in [5, 5.41) is 6.24. The van der Waals surface area contributed by atoms with E-state index in [0.29, 0.717) is 5.92 Å². The fourth-order valence-electron chi connectivity index (χ4n) is 2.75. The summed E-state index contributed by atoms with van der Waals surface area (Å²) in [6.07, 6.45) is 1.62. The number of nitrogens with one attached hydrogen (secondary N) is 2. The Bertz CT molecular complexity index is 571. The Morgan fingerprint density at radius 3 is 2.65 bits per heavy atom. The van der Waals surface area contributed by atoms with E-state index in [1.165, 1.54) is 0 Å². The number of para-hydroxylation sites is 2. The second-order valence-electron chi connectivity index (χ2n) is 6.64. The van der Waals surface area contributed by atoms with Gasteiger partial charge in [0.05, 0.1) is 11.4 Å². The van der Waals surface area contributed by atoms with E-state index in [4.69, 9.17) is 0 Å². The zero-order valence-electron chi connectivity index (χ0n) is 14.4. The summed E-state index contributed by atoms with van der Waals surface area (Å²) in [6, 6.07) is 7.49. The standard InChI is InChI=1S/C18H27N3O2/c1-5-13(4)19-17(22)11-21-16-9-7-6-8-14(16)20-15(18(21)23)10-12(2)3/h6-9,12-13,15,20H,5,10-11H2,1-4H3,(H,19,22). The van der Waals surface area contributed by atoms with Crippen LogP contribution in [0.4, 0.5) is 11.4 Å². The van der Waals surface area contributed by atoms with E-state index < -0.39 is 0 Å². The molecule has 1 aromatic rings. The molecular weight excluding hydrogens is 290 g/mol. The number of carbonyl (C=O) groups is 2. The van der Waals surface area contributed by atoms with Gasteiger partial charge in [0.2, 0.25) is 11.8 Å². The molecule has 2 N–H and O–H groups in total. The number of carbonyl (C=O) groups excluding carboxylic acids is 2. The minimum absolute atomic E-state index is 0.0308. The summed E-state index contributed by atoms with van der Waals surface area (Å²) in [5.74, 6) is 0.252. The van der Waals surface area contributed by atoms with Crippen molar-refractivity contribution in [2.75, 3.05) is 16.8 Å². The smallest absolute Gasteiger partial charge is 0.250 e. The SMILES string of the molecule is CCC(C)NC(=O)CN1C(=O)C(CC(C)C)Nc2ccccc21. The first-order chi connectivity index (χ1) is 10.9. The van der Waals surface area contributed by atoms with Crippen LogP contribution in [0.25, 0.3) is 0 Å². The molecule has 126 valence electrons. The molecule has 0 fully saturated rings. The van der Waals surface area contributed by atoms with Gasteiger partial charge in [-0.25, -0.2) is 0 Å². The minimum Gasteiger partial charge on any atom is -0.372 e. The predicted octanol–water partition coefficient (Wildman–Crippen LogP) is 2.77. The first-order valence-electron chi connectivity index (χ1n) is 8.38. The van der Waals surface area contributed by atoms with Gasteiger partial charge in [-0.1, -0.05) is 32.9 Å². The van der Waals surface area contributed by atoms with Crippen LogP contribution in [0.3, 0.4) is 0 Å². The summed E-state index contributed by atoms with van der Waals surface area (Å²) in [6.45, 7) is 8.24. The fourth-order valence-corrected chi connectivity index (χ4v) is 2.75. The topological polar surface area (TPSA) is 61.4 Å². The molecule has 2 rings (SSSR count). The number of hydrogen-bond donors (Lipinski definition) is 2. The van der Waals surface area contributed by atoms with E-state index in [9.17, 15) is 9.59 Å². The van der Waals surface area contributed by atoms with Crippen molar-refractivity contribution in [1.29, 1.82) is 0 Å². The van der Waals surface area contributed by atoms with Gasteiger partial charge in [0.15, 0.2) is 0 Å². The predicted molar refractivity (Wildman–Crippen MR) is 93.6 cm³/mol. The van der Waals surface area contributed by atoms with Crippen molar-refractivity contribution >= 4 is 23.2 Å². The van der Waals surface area contributed by atoms with E-state index in [1.807, 2.05) is 38.1 Å². The summed E-state index contributed by atoms with van der Waals surface area (Å²) in [7, 11) is 0. The molecule has 1 heterocycles. The highest BCUT2D eigenvalue weighted by Crippen LogP contribution is 2.32. The second-order valence-corrected chi connectivity index (χ2v) is 6.64. The summed E-state index contributed by atoms with van der Waals surface area (Å²) >= 11 is 0. The van der Waals surface area contributed by atoms with Crippen LogP contribution < -0.4 is 15.5 Å². The van der Waals surface area contributed by atoms with Gasteiger partial charge < -0.3 is 10.6 Å². The summed E-state index contributed by atoms with van der Waals surface area (Å²) in [4.78, 5) is 26.6. The molecule has 0 bridgehead atoms. The monoisotopic (exact) mass is 317 g/mol. The molecule has 0 spiro atoms. The van der Waals surface area contributed by atoms with Crippen LogP contribution in [0.2, 0.25) is 0 Å². The number of benzene rings is 1. The minimum atomic E-state index is -0.277. The van der Waals surface area contributed by atoms with Gasteiger partial charge in [0, 0.05) is 6.04 Å². The number of anilines is 2. The van der Waals surface area contributed by atoms with Crippen molar-refractivity contribution in [3.63, 3.8) is 0 Å². The molecule has 0 aromatic heterocycles. The quantitative estimate of drug-likeness (QED) is 0.848. The van der Waals surface area contributed by atoms with Gasteiger partial charge in [-0.05, 0) is 37.8 Å². The Balaban J connectivity index is 2.21. The van der Waals surface area contributed by atoms with Crippen LogP contribution >= 0.6 is 0 Å². The lowest BCUT2D eigenvalue weighted by Crippen LogP contribution is -2.51. The first-order valence-corrected chi connectivity index (χ1v) is 8.38. The third-order valence-electron chi connectivity index (χ3n) is 4.12. The third kappa shape index (κ3) is 4.24. The lowest BCUT2D eigenvalue weighted by atomic mass is 9.99. The van der Waals surface area contributed by atoms with Crippen LogP contribution in [0.5, 0.6) is 0 Å². The molecule has 0 radical (unpaired) electrons. The molecule has 1 aliphatic heterocycles. The maximum atomic E-state index is 12.8. The van der Waals surface area contributed by atoms with Gasteiger partial charge in [-0.2, -0.15) is 0 Å². The Labute approximate surface area is 138 Å². The zero-order valence-corrected chi connectivity index (χ0v) is 14.4. The third-order valence-corrected chi connectivity index (χ3v) is 4.12. The van der Waals surface area contributed by atoms with Crippen molar-refractivity contribution in [3.05, 3.63) is 24.3 Å².